The van der Waals surface area contributed by atoms with Gasteiger partial charge in [-0.15, -0.1) is 0 Å². The summed E-state index contributed by atoms with van der Waals surface area (Å²) in [6.07, 6.45) is 4.96. The molecule has 1 fully saturated rings. The zero-order valence-corrected chi connectivity index (χ0v) is 12.1. The normalized spacial score (nSPS) is 20.5. The molecule has 0 spiro atoms. The fourth-order valence-electron chi connectivity index (χ4n) is 2.63. The Morgan fingerprint density at radius 1 is 1.41 bits per heavy atom. The zero-order valence-electron chi connectivity index (χ0n) is 10.5. The van der Waals surface area contributed by atoms with Crippen LogP contribution in [-0.2, 0) is 6.42 Å². The van der Waals surface area contributed by atoms with Crippen LogP contribution >= 0.6 is 15.9 Å². The maximum atomic E-state index is 9.75. The van der Waals surface area contributed by atoms with Crippen molar-refractivity contribution in [3.05, 3.63) is 27.2 Å². The predicted octanol–water partition coefficient (Wildman–Crippen LogP) is 3.46. The third kappa shape index (κ3) is 2.83. The Labute approximate surface area is 112 Å². The summed E-state index contributed by atoms with van der Waals surface area (Å²) in [6.45, 7) is 5.30. The van der Waals surface area contributed by atoms with Gasteiger partial charge in [0.1, 0.15) is 5.75 Å². The van der Waals surface area contributed by atoms with E-state index in [4.69, 9.17) is 0 Å². The van der Waals surface area contributed by atoms with Crippen LogP contribution in [0.25, 0.3) is 0 Å². The lowest BCUT2D eigenvalue weighted by molar-refractivity contribution is 0.398. The lowest BCUT2D eigenvalue weighted by Gasteiger charge is -2.25. The average molecular weight is 298 g/mol. The molecule has 94 valence electrons. The number of hydrogen-bond acceptors (Lipinski definition) is 2. The Hall–Kier alpha value is -0.540. The van der Waals surface area contributed by atoms with E-state index in [9.17, 15) is 5.11 Å². The first-order valence-electron chi connectivity index (χ1n) is 6.30. The molecule has 0 saturated carbocycles. The van der Waals surface area contributed by atoms with E-state index in [1.165, 1.54) is 36.0 Å². The molecular weight excluding hydrogens is 278 g/mol. The van der Waals surface area contributed by atoms with Gasteiger partial charge in [0.05, 0.1) is 4.47 Å². The summed E-state index contributed by atoms with van der Waals surface area (Å²) in [7, 11) is 0. The molecule has 1 saturated heterocycles. The Balaban J connectivity index is 2.22. The average Bonchev–Trinajstić information content (AvgIpc) is 2.33. The first-order valence-corrected chi connectivity index (χ1v) is 7.10. The van der Waals surface area contributed by atoms with E-state index in [1.54, 1.807) is 0 Å². The number of benzene rings is 1. The molecule has 1 heterocycles. The fourth-order valence-corrected chi connectivity index (χ4v) is 2.99. The van der Waals surface area contributed by atoms with Gasteiger partial charge in [-0.05, 0) is 78.3 Å². The van der Waals surface area contributed by atoms with Gasteiger partial charge in [0.15, 0.2) is 0 Å². The second-order valence-corrected chi connectivity index (χ2v) is 5.77. The lowest BCUT2D eigenvalue weighted by atomic mass is 9.92. The smallest absolute Gasteiger partial charge is 0.130 e. The maximum absolute atomic E-state index is 9.75. The number of aryl methyl sites for hydroxylation is 1. The minimum Gasteiger partial charge on any atom is -0.507 e. The number of phenols is 1. The molecular formula is C14H20BrNO. The second-order valence-electron chi connectivity index (χ2n) is 4.98. The number of halogens is 1. The largest absolute Gasteiger partial charge is 0.507 e. The molecule has 2 rings (SSSR count). The minimum absolute atomic E-state index is 0.348. The molecule has 3 heteroatoms. The highest BCUT2D eigenvalue weighted by molar-refractivity contribution is 9.10. The van der Waals surface area contributed by atoms with Crippen LogP contribution in [0.4, 0.5) is 0 Å². The van der Waals surface area contributed by atoms with Crippen LogP contribution in [-0.4, -0.2) is 17.7 Å². The SMILES string of the molecule is Cc1cc(O)c(Br)c(C)c1CC1CCCCN1. The van der Waals surface area contributed by atoms with Crippen LogP contribution in [0.2, 0.25) is 0 Å². The summed E-state index contributed by atoms with van der Waals surface area (Å²) in [5.41, 5.74) is 3.74. The molecule has 1 aromatic rings. The van der Waals surface area contributed by atoms with Gasteiger partial charge < -0.3 is 10.4 Å². The van der Waals surface area contributed by atoms with Crippen molar-refractivity contribution >= 4 is 15.9 Å². The molecule has 2 nitrogen and oxygen atoms in total. The van der Waals surface area contributed by atoms with Gasteiger partial charge in [-0.3, -0.25) is 0 Å². The van der Waals surface area contributed by atoms with Crippen LogP contribution < -0.4 is 5.32 Å². The van der Waals surface area contributed by atoms with Gasteiger partial charge in [-0.2, -0.15) is 0 Å². The lowest BCUT2D eigenvalue weighted by Crippen LogP contribution is -2.35. The van der Waals surface area contributed by atoms with Crippen LogP contribution in [0, 0.1) is 13.8 Å². The van der Waals surface area contributed by atoms with E-state index in [-0.39, 0.29) is 0 Å². The molecule has 0 amide bonds. The summed E-state index contributed by atoms with van der Waals surface area (Å²) in [6, 6.07) is 2.45. The first kappa shape index (κ1) is 12.9. The van der Waals surface area contributed by atoms with E-state index >= 15 is 0 Å². The van der Waals surface area contributed by atoms with Gasteiger partial charge in [-0.1, -0.05) is 6.42 Å². The number of nitrogens with one attached hydrogen (secondary N) is 1. The van der Waals surface area contributed by atoms with E-state index in [1.807, 2.05) is 6.07 Å². The van der Waals surface area contributed by atoms with Gasteiger partial charge in [0, 0.05) is 6.04 Å². The summed E-state index contributed by atoms with van der Waals surface area (Å²) >= 11 is 3.46. The van der Waals surface area contributed by atoms with Gasteiger partial charge >= 0.3 is 0 Å². The van der Waals surface area contributed by atoms with Crippen molar-refractivity contribution in [1.82, 2.24) is 5.32 Å². The fraction of sp³-hybridized carbons (Fsp3) is 0.571. The Kier molecular flexibility index (Phi) is 4.10. The summed E-state index contributed by atoms with van der Waals surface area (Å²) in [4.78, 5) is 0. The first-order chi connectivity index (χ1) is 8.09. The van der Waals surface area contributed by atoms with Crippen LogP contribution in [0.3, 0.4) is 0 Å². The van der Waals surface area contributed by atoms with E-state index < -0.39 is 0 Å². The summed E-state index contributed by atoms with van der Waals surface area (Å²) < 4.78 is 0.842. The van der Waals surface area contributed by atoms with Crippen molar-refractivity contribution < 1.29 is 5.11 Å². The van der Waals surface area contributed by atoms with Crippen molar-refractivity contribution in [2.24, 2.45) is 0 Å². The van der Waals surface area contributed by atoms with Gasteiger partial charge in [0.2, 0.25) is 0 Å². The molecule has 1 aliphatic heterocycles. The van der Waals surface area contributed by atoms with E-state index in [2.05, 4.69) is 35.1 Å². The van der Waals surface area contributed by atoms with Crippen molar-refractivity contribution in [3.63, 3.8) is 0 Å². The molecule has 2 N–H and O–H groups in total. The molecule has 0 aromatic heterocycles. The Bertz CT molecular complexity index is 411. The number of rotatable bonds is 2. The molecule has 17 heavy (non-hydrogen) atoms. The third-order valence-corrected chi connectivity index (χ3v) is 4.70. The number of phenolic OH excluding ortho intramolecular Hbond substituents is 1. The Morgan fingerprint density at radius 3 is 2.82 bits per heavy atom. The van der Waals surface area contributed by atoms with Crippen molar-refractivity contribution in [2.75, 3.05) is 6.54 Å². The van der Waals surface area contributed by atoms with Crippen molar-refractivity contribution in [2.45, 2.75) is 45.6 Å². The van der Waals surface area contributed by atoms with Crippen LogP contribution in [0.5, 0.6) is 5.75 Å². The predicted molar refractivity (Wildman–Crippen MR) is 74.6 cm³/mol. The number of piperidine rings is 1. The molecule has 0 radical (unpaired) electrons. The Morgan fingerprint density at radius 2 is 2.18 bits per heavy atom. The summed E-state index contributed by atoms with van der Waals surface area (Å²) in [5.74, 6) is 0.348. The van der Waals surface area contributed by atoms with Gasteiger partial charge in [0.25, 0.3) is 0 Å². The standard InChI is InChI=1S/C14H20BrNO/c1-9-7-13(17)14(15)10(2)12(9)8-11-5-3-4-6-16-11/h7,11,16-17H,3-6,8H2,1-2H3. The molecule has 1 aliphatic rings. The number of aromatic hydroxyl groups is 1. The second kappa shape index (κ2) is 5.40. The van der Waals surface area contributed by atoms with Gasteiger partial charge in [-0.25, -0.2) is 0 Å². The zero-order chi connectivity index (χ0) is 12.4. The van der Waals surface area contributed by atoms with E-state index in [0.717, 1.165) is 17.4 Å². The topological polar surface area (TPSA) is 32.3 Å². The minimum atomic E-state index is 0.348. The molecule has 1 unspecified atom stereocenters. The van der Waals surface area contributed by atoms with Crippen LogP contribution in [0.1, 0.15) is 36.0 Å². The highest BCUT2D eigenvalue weighted by Gasteiger charge is 2.17. The molecule has 0 bridgehead atoms. The monoisotopic (exact) mass is 297 g/mol. The highest BCUT2D eigenvalue weighted by atomic mass is 79.9. The van der Waals surface area contributed by atoms with Crippen LogP contribution in [0.15, 0.2) is 10.5 Å². The maximum Gasteiger partial charge on any atom is 0.130 e. The third-order valence-electron chi connectivity index (χ3n) is 3.70. The quantitative estimate of drug-likeness (QED) is 0.876. The van der Waals surface area contributed by atoms with E-state index in [0.29, 0.717) is 11.8 Å². The van der Waals surface area contributed by atoms with Crippen molar-refractivity contribution in [1.29, 1.82) is 0 Å². The van der Waals surface area contributed by atoms with Crippen molar-refractivity contribution in [3.8, 4) is 5.75 Å². The molecule has 1 aromatic carbocycles. The molecule has 0 aliphatic carbocycles. The molecule has 1 atom stereocenters. The number of hydrogen-bond donors (Lipinski definition) is 2. The summed E-state index contributed by atoms with van der Waals surface area (Å²) in [5, 5.41) is 13.3. The highest BCUT2D eigenvalue weighted by Crippen LogP contribution is 2.33.